The van der Waals surface area contributed by atoms with E-state index in [-0.39, 0.29) is 11.8 Å². The van der Waals surface area contributed by atoms with Gasteiger partial charge in [-0.3, -0.25) is 9.59 Å². The summed E-state index contributed by atoms with van der Waals surface area (Å²) in [5.74, 6) is -0.822. The van der Waals surface area contributed by atoms with Gasteiger partial charge in [-0.1, -0.05) is 36.4 Å². The Morgan fingerprint density at radius 2 is 1.93 bits per heavy atom. The molecule has 1 heterocycles. The fourth-order valence-electron chi connectivity index (χ4n) is 3.16. The molecule has 1 fully saturated rings. The number of hydrogen-bond acceptors (Lipinski definition) is 4. The first-order valence-electron chi connectivity index (χ1n) is 8.91. The van der Waals surface area contributed by atoms with Crippen molar-refractivity contribution in [2.75, 3.05) is 18.6 Å². The van der Waals surface area contributed by atoms with E-state index >= 15 is 0 Å². The maximum Gasteiger partial charge on any atom is 0.328 e. The standard InChI is InChI=1S/C21H22N2O4/c1-27-21(26)18(13-15-7-3-2-4-8-15)22-20(25)16-9-5-10-17(14-16)23-12-6-11-19(23)24/h2-5,7-10,14,18H,6,11-13H2,1H3,(H,22,25)/t18-/m1/s1. The van der Waals surface area contributed by atoms with E-state index < -0.39 is 12.0 Å². The van der Waals surface area contributed by atoms with E-state index in [1.165, 1.54) is 7.11 Å². The second-order valence-electron chi connectivity index (χ2n) is 6.44. The highest BCUT2D eigenvalue weighted by atomic mass is 16.5. The zero-order valence-electron chi connectivity index (χ0n) is 15.2. The number of amides is 2. The number of hydrogen-bond donors (Lipinski definition) is 1. The minimum Gasteiger partial charge on any atom is -0.467 e. The lowest BCUT2D eigenvalue weighted by Gasteiger charge is -2.19. The molecule has 27 heavy (non-hydrogen) atoms. The molecule has 0 saturated carbocycles. The monoisotopic (exact) mass is 366 g/mol. The highest BCUT2D eigenvalue weighted by Gasteiger charge is 2.25. The summed E-state index contributed by atoms with van der Waals surface area (Å²) in [4.78, 5) is 38.4. The van der Waals surface area contributed by atoms with Crippen molar-refractivity contribution in [2.24, 2.45) is 0 Å². The highest BCUT2D eigenvalue weighted by molar-refractivity contribution is 6.00. The number of carbonyl (C=O) groups excluding carboxylic acids is 3. The number of benzene rings is 2. The normalized spacial score (nSPS) is 14.7. The molecule has 2 aromatic carbocycles. The van der Waals surface area contributed by atoms with Crippen molar-refractivity contribution in [1.29, 1.82) is 0 Å². The Hall–Kier alpha value is -3.15. The average Bonchev–Trinajstić information content (AvgIpc) is 3.13. The Morgan fingerprint density at radius 3 is 2.59 bits per heavy atom. The molecule has 140 valence electrons. The van der Waals surface area contributed by atoms with Crippen molar-refractivity contribution in [2.45, 2.75) is 25.3 Å². The third-order valence-corrected chi connectivity index (χ3v) is 4.57. The molecule has 0 spiro atoms. The lowest BCUT2D eigenvalue weighted by atomic mass is 10.1. The van der Waals surface area contributed by atoms with Gasteiger partial charge in [0.1, 0.15) is 6.04 Å². The van der Waals surface area contributed by atoms with Crippen LogP contribution in [0, 0.1) is 0 Å². The summed E-state index contributed by atoms with van der Waals surface area (Å²) in [5.41, 5.74) is 2.02. The summed E-state index contributed by atoms with van der Waals surface area (Å²) in [6.45, 7) is 0.655. The van der Waals surface area contributed by atoms with Crippen LogP contribution in [0.15, 0.2) is 54.6 Å². The number of ether oxygens (including phenoxy) is 1. The number of methoxy groups -OCH3 is 1. The molecule has 0 unspecified atom stereocenters. The van der Waals surface area contributed by atoms with Gasteiger partial charge >= 0.3 is 5.97 Å². The van der Waals surface area contributed by atoms with Gasteiger partial charge in [-0.2, -0.15) is 0 Å². The molecule has 0 aliphatic carbocycles. The molecular weight excluding hydrogens is 344 g/mol. The van der Waals surface area contributed by atoms with Crippen molar-refractivity contribution in [3.63, 3.8) is 0 Å². The van der Waals surface area contributed by atoms with Crippen molar-refractivity contribution in [3.8, 4) is 0 Å². The molecule has 2 aromatic rings. The second-order valence-corrected chi connectivity index (χ2v) is 6.44. The van der Waals surface area contributed by atoms with Crippen LogP contribution < -0.4 is 10.2 Å². The number of nitrogens with one attached hydrogen (secondary N) is 1. The van der Waals surface area contributed by atoms with Crippen LogP contribution >= 0.6 is 0 Å². The van der Waals surface area contributed by atoms with Crippen molar-refractivity contribution in [1.82, 2.24) is 5.32 Å². The van der Waals surface area contributed by atoms with Crippen LogP contribution in [0.25, 0.3) is 0 Å². The molecule has 3 rings (SSSR count). The SMILES string of the molecule is COC(=O)[C@@H](Cc1ccccc1)NC(=O)c1cccc(N2CCCC2=O)c1. The maximum atomic E-state index is 12.7. The first kappa shape index (κ1) is 18.6. The summed E-state index contributed by atoms with van der Waals surface area (Å²) in [7, 11) is 1.30. The Balaban J connectivity index is 1.75. The largest absolute Gasteiger partial charge is 0.467 e. The first-order chi connectivity index (χ1) is 13.1. The van der Waals surface area contributed by atoms with Gasteiger partial charge < -0.3 is 15.0 Å². The van der Waals surface area contributed by atoms with E-state index in [9.17, 15) is 14.4 Å². The summed E-state index contributed by atoms with van der Waals surface area (Å²) in [5, 5.41) is 2.74. The van der Waals surface area contributed by atoms with Gasteiger partial charge in [0.05, 0.1) is 7.11 Å². The van der Waals surface area contributed by atoms with E-state index in [0.717, 1.165) is 12.0 Å². The Morgan fingerprint density at radius 1 is 1.15 bits per heavy atom. The summed E-state index contributed by atoms with van der Waals surface area (Å²) in [6.07, 6.45) is 1.68. The molecule has 1 aliphatic heterocycles. The Bertz CT molecular complexity index is 835. The lowest BCUT2D eigenvalue weighted by molar-refractivity contribution is -0.142. The fraction of sp³-hybridized carbons (Fsp3) is 0.286. The van der Waals surface area contributed by atoms with Gasteiger partial charge in [0.25, 0.3) is 5.91 Å². The smallest absolute Gasteiger partial charge is 0.328 e. The van der Waals surface area contributed by atoms with Crippen LogP contribution in [0.4, 0.5) is 5.69 Å². The molecule has 1 saturated heterocycles. The van der Waals surface area contributed by atoms with E-state index in [2.05, 4.69) is 5.32 Å². The third-order valence-electron chi connectivity index (χ3n) is 4.57. The van der Waals surface area contributed by atoms with E-state index in [4.69, 9.17) is 4.74 Å². The average molecular weight is 366 g/mol. The predicted octanol–water partition coefficient (Wildman–Crippen LogP) is 2.33. The van der Waals surface area contributed by atoms with E-state index in [1.54, 1.807) is 23.1 Å². The molecule has 0 aromatic heterocycles. The van der Waals surface area contributed by atoms with Gasteiger partial charge in [-0.15, -0.1) is 0 Å². The molecule has 1 aliphatic rings. The van der Waals surface area contributed by atoms with Crippen molar-refractivity contribution in [3.05, 3.63) is 65.7 Å². The third kappa shape index (κ3) is 4.53. The number of carbonyl (C=O) groups is 3. The molecule has 0 bridgehead atoms. The van der Waals surface area contributed by atoms with Crippen molar-refractivity contribution >= 4 is 23.5 Å². The minimum atomic E-state index is -0.790. The first-order valence-corrected chi connectivity index (χ1v) is 8.91. The quantitative estimate of drug-likeness (QED) is 0.796. The van der Waals surface area contributed by atoms with Gasteiger partial charge in [-0.05, 0) is 30.2 Å². The summed E-state index contributed by atoms with van der Waals surface area (Å²) >= 11 is 0. The number of rotatable bonds is 6. The van der Waals surface area contributed by atoms with Crippen LogP contribution in [0.1, 0.15) is 28.8 Å². The maximum absolute atomic E-state index is 12.7. The summed E-state index contributed by atoms with van der Waals surface area (Å²) in [6, 6.07) is 15.5. The Kier molecular flexibility index (Phi) is 5.86. The zero-order chi connectivity index (χ0) is 19.2. The molecule has 2 amide bonds. The van der Waals surface area contributed by atoms with Crippen LogP contribution in [-0.4, -0.2) is 37.5 Å². The minimum absolute atomic E-state index is 0.0593. The van der Waals surface area contributed by atoms with Gasteiger partial charge in [-0.25, -0.2) is 4.79 Å². The van der Waals surface area contributed by atoms with Gasteiger partial charge in [0.2, 0.25) is 5.91 Å². The lowest BCUT2D eigenvalue weighted by Crippen LogP contribution is -2.43. The molecular formula is C21H22N2O4. The Labute approximate surface area is 158 Å². The number of esters is 1. The number of anilines is 1. The molecule has 0 radical (unpaired) electrons. The molecule has 1 atom stereocenters. The summed E-state index contributed by atoms with van der Waals surface area (Å²) < 4.78 is 4.83. The van der Waals surface area contributed by atoms with Gasteiger partial charge in [0.15, 0.2) is 0 Å². The number of nitrogens with zero attached hydrogens (tertiary/aromatic N) is 1. The van der Waals surface area contributed by atoms with Crippen LogP contribution in [0.3, 0.4) is 0 Å². The molecule has 6 heteroatoms. The van der Waals surface area contributed by atoms with Crippen LogP contribution in [-0.2, 0) is 20.7 Å². The highest BCUT2D eigenvalue weighted by Crippen LogP contribution is 2.22. The predicted molar refractivity (Wildman–Crippen MR) is 101 cm³/mol. The molecule has 1 N–H and O–H groups in total. The topological polar surface area (TPSA) is 75.7 Å². The van der Waals surface area contributed by atoms with Crippen LogP contribution in [0.2, 0.25) is 0 Å². The zero-order valence-corrected chi connectivity index (χ0v) is 15.2. The van der Waals surface area contributed by atoms with E-state index in [1.807, 2.05) is 36.4 Å². The molecule has 6 nitrogen and oxygen atoms in total. The van der Waals surface area contributed by atoms with Gasteiger partial charge in [0, 0.05) is 30.6 Å². The van der Waals surface area contributed by atoms with Crippen molar-refractivity contribution < 1.29 is 19.1 Å². The fourth-order valence-corrected chi connectivity index (χ4v) is 3.16. The van der Waals surface area contributed by atoms with Crippen LogP contribution in [0.5, 0.6) is 0 Å². The second kappa shape index (κ2) is 8.49. The van der Waals surface area contributed by atoms with E-state index in [0.29, 0.717) is 30.6 Å².